The number of aromatic nitrogens is 3. The number of hydrogen-bond acceptors (Lipinski definition) is 6. The predicted octanol–water partition coefficient (Wildman–Crippen LogP) is 3.11. The van der Waals surface area contributed by atoms with Crippen LogP contribution in [-0.2, 0) is 9.84 Å². The molecule has 7 nitrogen and oxygen atoms in total. The molecule has 27 heavy (non-hydrogen) atoms. The van der Waals surface area contributed by atoms with Crippen molar-refractivity contribution < 1.29 is 8.42 Å². The number of hydrogen-bond donors (Lipinski definition) is 2. The zero-order valence-corrected chi connectivity index (χ0v) is 17.2. The van der Waals surface area contributed by atoms with Gasteiger partial charge in [0.05, 0.1) is 15.6 Å². The van der Waals surface area contributed by atoms with Crippen molar-refractivity contribution in [1.82, 2.24) is 19.9 Å². The van der Waals surface area contributed by atoms with Crippen molar-refractivity contribution in [3.8, 4) is 0 Å². The smallest absolute Gasteiger partial charge is 0.175 e. The van der Waals surface area contributed by atoms with E-state index in [2.05, 4.69) is 31.7 Å². The molecule has 2 N–H and O–H groups in total. The number of nitrogens with zero attached hydrogens (tertiary/aromatic N) is 3. The Morgan fingerprint density at radius 3 is 2.59 bits per heavy atom. The Bertz CT molecular complexity index is 1070. The van der Waals surface area contributed by atoms with E-state index < -0.39 is 9.84 Å². The number of benzene rings is 1. The lowest BCUT2D eigenvalue weighted by atomic mass is 9.94. The van der Waals surface area contributed by atoms with Gasteiger partial charge in [-0.2, -0.15) is 9.61 Å². The third-order valence-electron chi connectivity index (χ3n) is 4.76. The summed E-state index contributed by atoms with van der Waals surface area (Å²) in [6.07, 6.45) is 5.04. The van der Waals surface area contributed by atoms with Gasteiger partial charge in [0.15, 0.2) is 15.5 Å². The van der Waals surface area contributed by atoms with Crippen LogP contribution < -0.4 is 10.6 Å². The average Bonchev–Trinajstić information content (AvgIpc) is 3.03. The van der Waals surface area contributed by atoms with Crippen LogP contribution in [0.2, 0.25) is 0 Å². The van der Waals surface area contributed by atoms with Crippen molar-refractivity contribution in [1.29, 1.82) is 0 Å². The monoisotopic (exact) mass is 449 g/mol. The first-order valence-electron chi connectivity index (χ1n) is 8.74. The highest BCUT2D eigenvalue weighted by molar-refractivity contribution is 9.10. The largest absolute Gasteiger partial charge is 0.340 e. The summed E-state index contributed by atoms with van der Waals surface area (Å²) < 4.78 is 25.9. The van der Waals surface area contributed by atoms with E-state index in [0.29, 0.717) is 10.8 Å². The van der Waals surface area contributed by atoms with E-state index in [0.717, 1.165) is 53.3 Å². The topological polar surface area (TPSA) is 88.4 Å². The summed E-state index contributed by atoms with van der Waals surface area (Å²) in [4.78, 5) is 5.11. The van der Waals surface area contributed by atoms with Gasteiger partial charge in [0.1, 0.15) is 5.82 Å². The second-order valence-electron chi connectivity index (χ2n) is 6.74. The zero-order valence-electron chi connectivity index (χ0n) is 14.8. The van der Waals surface area contributed by atoms with E-state index in [-0.39, 0.29) is 0 Å². The van der Waals surface area contributed by atoms with E-state index in [1.807, 2.05) is 6.07 Å². The van der Waals surface area contributed by atoms with E-state index in [1.165, 1.54) is 6.26 Å². The minimum Gasteiger partial charge on any atom is -0.340 e. The fourth-order valence-corrected chi connectivity index (χ4v) is 4.28. The Balaban J connectivity index is 1.71. The Morgan fingerprint density at radius 2 is 1.93 bits per heavy atom. The second kappa shape index (κ2) is 7.21. The minimum absolute atomic E-state index is 0.296. The highest BCUT2D eigenvalue weighted by atomic mass is 79.9. The number of halogens is 1. The fourth-order valence-electron chi connectivity index (χ4n) is 3.30. The second-order valence-corrected chi connectivity index (χ2v) is 9.61. The Morgan fingerprint density at radius 1 is 1.22 bits per heavy atom. The summed E-state index contributed by atoms with van der Waals surface area (Å²) in [6.45, 7) is 1.99. The molecule has 0 aliphatic carbocycles. The van der Waals surface area contributed by atoms with Gasteiger partial charge in [0.2, 0.25) is 0 Å². The number of piperidine rings is 1. The first-order chi connectivity index (χ1) is 12.9. The van der Waals surface area contributed by atoms with Crippen LogP contribution in [0.15, 0.2) is 45.9 Å². The van der Waals surface area contributed by atoms with Gasteiger partial charge in [-0.05, 0) is 66.1 Å². The first kappa shape index (κ1) is 18.4. The molecule has 0 unspecified atom stereocenters. The predicted molar refractivity (Wildman–Crippen MR) is 108 cm³/mol. The molecule has 3 heterocycles. The first-order valence-corrected chi connectivity index (χ1v) is 11.4. The van der Waals surface area contributed by atoms with Gasteiger partial charge >= 0.3 is 0 Å². The number of fused-ring (bicyclic) bond motifs is 1. The highest BCUT2D eigenvalue weighted by Crippen LogP contribution is 2.30. The van der Waals surface area contributed by atoms with Crippen LogP contribution in [-0.4, -0.2) is 42.4 Å². The summed E-state index contributed by atoms with van der Waals surface area (Å²) in [5.74, 6) is 1.21. The molecular formula is C18H20BrN5O2S. The van der Waals surface area contributed by atoms with Crippen molar-refractivity contribution in [2.75, 3.05) is 24.7 Å². The van der Waals surface area contributed by atoms with Crippen LogP contribution in [0.1, 0.15) is 24.5 Å². The van der Waals surface area contributed by atoms with Crippen LogP contribution in [0, 0.1) is 0 Å². The molecule has 4 rings (SSSR count). The lowest BCUT2D eigenvalue weighted by Gasteiger charge is -2.23. The SMILES string of the molecule is CS(=O)(=O)c1ccc(Nc2cc(C3CCNCC3)nc3c(Br)cnn23)cc1. The molecule has 1 saturated heterocycles. The summed E-state index contributed by atoms with van der Waals surface area (Å²) in [6, 6.07) is 8.75. The maximum Gasteiger partial charge on any atom is 0.175 e. The molecule has 1 fully saturated rings. The molecule has 0 saturated carbocycles. The van der Waals surface area contributed by atoms with Crippen molar-refractivity contribution >= 4 is 42.9 Å². The van der Waals surface area contributed by atoms with Crippen LogP contribution in [0.25, 0.3) is 5.65 Å². The van der Waals surface area contributed by atoms with Crippen molar-refractivity contribution in [2.45, 2.75) is 23.7 Å². The van der Waals surface area contributed by atoms with Gasteiger partial charge in [-0.3, -0.25) is 0 Å². The van der Waals surface area contributed by atoms with E-state index >= 15 is 0 Å². The Labute approximate surface area is 166 Å². The molecule has 3 aromatic rings. The van der Waals surface area contributed by atoms with Gasteiger partial charge < -0.3 is 10.6 Å². The van der Waals surface area contributed by atoms with Crippen molar-refractivity contribution in [2.24, 2.45) is 0 Å². The van der Waals surface area contributed by atoms with E-state index in [9.17, 15) is 8.42 Å². The quantitative estimate of drug-likeness (QED) is 0.635. The average molecular weight is 450 g/mol. The Hall–Kier alpha value is -1.97. The third-order valence-corrected chi connectivity index (χ3v) is 6.45. The molecule has 0 atom stereocenters. The van der Waals surface area contributed by atoms with Crippen LogP contribution in [0.5, 0.6) is 0 Å². The lowest BCUT2D eigenvalue weighted by Crippen LogP contribution is -2.27. The number of nitrogens with one attached hydrogen (secondary N) is 2. The minimum atomic E-state index is -3.21. The summed E-state index contributed by atoms with van der Waals surface area (Å²) >= 11 is 3.52. The van der Waals surface area contributed by atoms with E-state index in [4.69, 9.17) is 4.98 Å². The number of rotatable bonds is 4. The molecule has 0 amide bonds. The number of sulfone groups is 1. The lowest BCUT2D eigenvalue weighted by molar-refractivity contribution is 0.453. The van der Waals surface area contributed by atoms with Crippen LogP contribution in [0.3, 0.4) is 0 Å². The van der Waals surface area contributed by atoms with Crippen LogP contribution in [0.4, 0.5) is 11.5 Å². The molecule has 142 valence electrons. The van der Waals surface area contributed by atoms with Gasteiger partial charge in [-0.1, -0.05) is 0 Å². The van der Waals surface area contributed by atoms with Gasteiger partial charge in [-0.25, -0.2) is 13.4 Å². The maximum absolute atomic E-state index is 11.6. The molecule has 9 heteroatoms. The molecular weight excluding hydrogens is 430 g/mol. The van der Waals surface area contributed by atoms with E-state index in [1.54, 1.807) is 35.0 Å². The molecule has 0 radical (unpaired) electrons. The summed E-state index contributed by atoms with van der Waals surface area (Å²) in [5, 5.41) is 11.1. The standard InChI is InChI=1S/C18H20BrN5O2S/c1-27(25,26)14-4-2-13(3-5-14)22-17-10-16(12-6-8-20-9-7-12)23-18-15(19)11-21-24(17)18/h2-5,10-12,20,22H,6-9H2,1H3. The fraction of sp³-hybridized carbons (Fsp3) is 0.333. The molecule has 0 bridgehead atoms. The normalized spacial score (nSPS) is 15.9. The van der Waals surface area contributed by atoms with Gasteiger partial charge in [-0.15, -0.1) is 0 Å². The zero-order chi connectivity index (χ0) is 19.0. The van der Waals surface area contributed by atoms with Crippen molar-refractivity contribution in [3.05, 3.63) is 46.7 Å². The molecule has 1 aliphatic heterocycles. The molecule has 0 spiro atoms. The molecule has 1 aromatic carbocycles. The summed E-state index contributed by atoms with van der Waals surface area (Å²) in [5.41, 5.74) is 2.60. The molecule has 1 aliphatic rings. The van der Waals surface area contributed by atoms with Crippen LogP contribution >= 0.6 is 15.9 Å². The number of anilines is 2. The van der Waals surface area contributed by atoms with Gasteiger partial charge in [0, 0.05) is 29.6 Å². The maximum atomic E-state index is 11.6. The Kier molecular flexibility index (Phi) is 4.92. The highest BCUT2D eigenvalue weighted by Gasteiger charge is 2.20. The summed E-state index contributed by atoms with van der Waals surface area (Å²) in [7, 11) is -3.21. The van der Waals surface area contributed by atoms with Gasteiger partial charge in [0.25, 0.3) is 0 Å². The third kappa shape index (κ3) is 3.85. The van der Waals surface area contributed by atoms with Crippen molar-refractivity contribution in [3.63, 3.8) is 0 Å². The molecule has 2 aromatic heterocycles.